The number of carbonyl (C=O) groups is 1. The van der Waals surface area contributed by atoms with Gasteiger partial charge in [0.15, 0.2) is 0 Å². The maximum atomic E-state index is 13.3. The summed E-state index contributed by atoms with van der Waals surface area (Å²) in [6.45, 7) is 3.76. The molecule has 0 aliphatic carbocycles. The van der Waals surface area contributed by atoms with Crippen molar-refractivity contribution in [1.29, 1.82) is 0 Å². The smallest absolute Gasteiger partial charge is 0.335 e. The van der Waals surface area contributed by atoms with E-state index >= 15 is 0 Å². The molecule has 5 heteroatoms. The fourth-order valence-corrected chi connectivity index (χ4v) is 1.92. The number of carboxylic acids is 1. The molecule has 0 saturated heterocycles. The topological polar surface area (TPSA) is 59.4 Å². The van der Waals surface area contributed by atoms with Crippen molar-refractivity contribution >= 4 is 5.97 Å². The molecule has 0 spiro atoms. The lowest BCUT2D eigenvalue weighted by molar-refractivity contribution is 0.0696. The van der Waals surface area contributed by atoms with Crippen molar-refractivity contribution in [3.05, 3.63) is 53.0 Å². The van der Waals surface area contributed by atoms with Crippen LogP contribution in [0.25, 0.3) is 0 Å². The average molecular weight is 289 g/mol. The van der Waals surface area contributed by atoms with Crippen LogP contribution in [0, 0.1) is 12.7 Å². The van der Waals surface area contributed by atoms with E-state index in [1.807, 2.05) is 6.92 Å². The van der Waals surface area contributed by atoms with Gasteiger partial charge in [0.2, 0.25) is 5.88 Å². The number of aromatic nitrogens is 1. The number of nitrogens with zero attached hydrogens (tertiary/aromatic N) is 1. The number of carboxylic acid groups (broad SMARTS) is 1. The Morgan fingerprint density at radius 1 is 1.33 bits per heavy atom. The Labute approximate surface area is 122 Å². The van der Waals surface area contributed by atoms with Crippen LogP contribution in [0.2, 0.25) is 0 Å². The predicted molar refractivity (Wildman–Crippen MR) is 76.4 cm³/mol. The molecule has 2 aromatic rings. The van der Waals surface area contributed by atoms with Crippen molar-refractivity contribution in [3.63, 3.8) is 0 Å². The molecule has 0 bridgehead atoms. The fraction of sp³-hybridized carbons (Fsp3) is 0.250. The molecule has 1 heterocycles. The quantitative estimate of drug-likeness (QED) is 0.904. The third-order valence-electron chi connectivity index (χ3n) is 2.97. The van der Waals surface area contributed by atoms with Gasteiger partial charge in [-0.25, -0.2) is 14.2 Å². The number of aryl methyl sites for hydroxylation is 2. The molecular formula is C16H16FNO3. The Bertz CT molecular complexity index is 671. The second kappa shape index (κ2) is 6.35. The molecule has 110 valence electrons. The summed E-state index contributed by atoms with van der Waals surface area (Å²) < 4.78 is 18.8. The van der Waals surface area contributed by atoms with Gasteiger partial charge >= 0.3 is 5.97 Å². The van der Waals surface area contributed by atoms with E-state index in [2.05, 4.69) is 4.98 Å². The van der Waals surface area contributed by atoms with Crippen LogP contribution in [0.1, 0.15) is 35.0 Å². The summed E-state index contributed by atoms with van der Waals surface area (Å²) in [5.41, 5.74) is 1.50. The minimum Gasteiger partial charge on any atom is -0.478 e. The molecule has 0 fully saturated rings. The van der Waals surface area contributed by atoms with E-state index in [1.165, 1.54) is 24.3 Å². The van der Waals surface area contributed by atoms with Gasteiger partial charge in [-0.05, 0) is 31.0 Å². The first-order chi connectivity index (χ1) is 9.99. The van der Waals surface area contributed by atoms with E-state index in [9.17, 15) is 9.18 Å². The van der Waals surface area contributed by atoms with Crippen LogP contribution in [0.4, 0.5) is 4.39 Å². The summed E-state index contributed by atoms with van der Waals surface area (Å²) >= 11 is 0. The highest BCUT2D eigenvalue weighted by atomic mass is 19.1. The van der Waals surface area contributed by atoms with Gasteiger partial charge in [-0.3, -0.25) is 0 Å². The van der Waals surface area contributed by atoms with Crippen molar-refractivity contribution in [2.24, 2.45) is 0 Å². The SMILES string of the molecule is CCCc1cc(C(=O)O)cc(Oc2cc(F)ccc2C)n1. The van der Waals surface area contributed by atoms with Gasteiger partial charge in [0.1, 0.15) is 11.6 Å². The molecule has 21 heavy (non-hydrogen) atoms. The molecule has 0 amide bonds. The van der Waals surface area contributed by atoms with Crippen LogP contribution in [0.5, 0.6) is 11.6 Å². The first-order valence-corrected chi connectivity index (χ1v) is 6.68. The molecule has 0 atom stereocenters. The molecule has 1 aromatic carbocycles. The van der Waals surface area contributed by atoms with Crippen molar-refractivity contribution < 1.29 is 19.0 Å². The van der Waals surface area contributed by atoms with Crippen molar-refractivity contribution in [1.82, 2.24) is 4.98 Å². The zero-order chi connectivity index (χ0) is 15.4. The largest absolute Gasteiger partial charge is 0.478 e. The van der Waals surface area contributed by atoms with Gasteiger partial charge in [-0.1, -0.05) is 19.4 Å². The van der Waals surface area contributed by atoms with Gasteiger partial charge in [0.25, 0.3) is 0 Å². The van der Waals surface area contributed by atoms with E-state index in [1.54, 1.807) is 13.0 Å². The Balaban J connectivity index is 2.38. The molecule has 1 aromatic heterocycles. The second-order valence-electron chi connectivity index (χ2n) is 4.75. The molecule has 0 saturated carbocycles. The van der Waals surface area contributed by atoms with E-state index in [-0.39, 0.29) is 11.4 Å². The van der Waals surface area contributed by atoms with Crippen LogP contribution in [0.15, 0.2) is 30.3 Å². The normalized spacial score (nSPS) is 10.4. The van der Waals surface area contributed by atoms with E-state index in [0.717, 1.165) is 12.0 Å². The van der Waals surface area contributed by atoms with Gasteiger partial charge in [-0.15, -0.1) is 0 Å². The van der Waals surface area contributed by atoms with E-state index in [0.29, 0.717) is 17.9 Å². The van der Waals surface area contributed by atoms with Crippen LogP contribution in [0.3, 0.4) is 0 Å². The zero-order valence-electron chi connectivity index (χ0n) is 11.9. The zero-order valence-corrected chi connectivity index (χ0v) is 11.9. The first-order valence-electron chi connectivity index (χ1n) is 6.68. The Morgan fingerprint density at radius 3 is 2.76 bits per heavy atom. The minimum atomic E-state index is -1.05. The average Bonchev–Trinajstić information content (AvgIpc) is 2.43. The highest BCUT2D eigenvalue weighted by Crippen LogP contribution is 2.25. The number of halogens is 1. The molecule has 0 radical (unpaired) electrons. The molecule has 1 N–H and O–H groups in total. The number of rotatable bonds is 5. The fourth-order valence-electron chi connectivity index (χ4n) is 1.92. The summed E-state index contributed by atoms with van der Waals surface area (Å²) in [7, 11) is 0. The van der Waals surface area contributed by atoms with Crippen LogP contribution in [-0.2, 0) is 6.42 Å². The third-order valence-corrected chi connectivity index (χ3v) is 2.97. The maximum Gasteiger partial charge on any atom is 0.335 e. The molecule has 0 aliphatic heterocycles. The summed E-state index contributed by atoms with van der Waals surface area (Å²) in [6, 6.07) is 7.05. The van der Waals surface area contributed by atoms with Gasteiger partial charge in [-0.2, -0.15) is 0 Å². The lowest BCUT2D eigenvalue weighted by Gasteiger charge is -2.10. The van der Waals surface area contributed by atoms with Crippen molar-refractivity contribution in [3.8, 4) is 11.6 Å². The highest BCUT2D eigenvalue weighted by molar-refractivity contribution is 5.88. The van der Waals surface area contributed by atoms with Gasteiger partial charge in [0, 0.05) is 17.8 Å². The number of hydrogen-bond acceptors (Lipinski definition) is 3. The molecular weight excluding hydrogens is 273 g/mol. The Hall–Kier alpha value is -2.43. The Morgan fingerprint density at radius 2 is 2.10 bits per heavy atom. The number of aromatic carboxylic acids is 1. The van der Waals surface area contributed by atoms with Crippen LogP contribution in [-0.4, -0.2) is 16.1 Å². The summed E-state index contributed by atoms with van der Waals surface area (Å²) in [6.07, 6.45) is 1.49. The van der Waals surface area contributed by atoms with Crippen LogP contribution < -0.4 is 4.74 Å². The van der Waals surface area contributed by atoms with Crippen LogP contribution >= 0.6 is 0 Å². The molecule has 0 unspecified atom stereocenters. The predicted octanol–water partition coefficient (Wildman–Crippen LogP) is 3.97. The van der Waals surface area contributed by atoms with Crippen molar-refractivity contribution in [2.75, 3.05) is 0 Å². The first kappa shape index (κ1) is 15.0. The molecule has 2 rings (SSSR count). The number of hydrogen-bond donors (Lipinski definition) is 1. The van der Waals surface area contributed by atoms with Gasteiger partial charge in [0.05, 0.1) is 5.56 Å². The summed E-state index contributed by atoms with van der Waals surface area (Å²) in [5.74, 6) is -0.978. The van der Waals surface area contributed by atoms with E-state index in [4.69, 9.17) is 9.84 Å². The monoisotopic (exact) mass is 289 g/mol. The van der Waals surface area contributed by atoms with Gasteiger partial charge < -0.3 is 9.84 Å². The summed E-state index contributed by atoms with van der Waals surface area (Å²) in [5, 5.41) is 9.12. The third kappa shape index (κ3) is 3.78. The van der Waals surface area contributed by atoms with Crippen molar-refractivity contribution in [2.45, 2.75) is 26.7 Å². The Kier molecular flexibility index (Phi) is 4.52. The molecule has 0 aliphatic rings. The molecule has 4 nitrogen and oxygen atoms in total. The second-order valence-corrected chi connectivity index (χ2v) is 4.75. The lowest BCUT2D eigenvalue weighted by Crippen LogP contribution is -2.02. The van der Waals surface area contributed by atoms with E-state index < -0.39 is 11.8 Å². The maximum absolute atomic E-state index is 13.3. The number of benzene rings is 1. The summed E-state index contributed by atoms with van der Waals surface area (Å²) in [4.78, 5) is 15.4. The number of ether oxygens (including phenoxy) is 1. The number of pyridine rings is 1. The standard InChI is InChI=1S/C16H16FNO3/c1-3-4-13-7-11(16(19)20)8-15(18-13)21-14-9-12(17)6-5-10(14)2/h5-9H,3-4H2,1-2H3,(H,19,20). The minimum absolute atomic E-state index is 0.109. The lowest BCUT2D eigenvalue weighted by atomic mass is 10.1. The highest BCUT2D eigenvalue weighted by Gasteiger charge is 2.11.